The van der Waals surface area contributed by atoms with Crippen LogP contribution in [0.2, 0.25) is 5.02 Å². The van der Waals surface area contributed by atoms with Crippen molar-refractivity contribution in [1.29, 1.82) is 0 Å². The number of benzene rings is 1. The molecule has 2 atom stereocenters. The summed E-state index contributed by atoms with van der Waals surface area (Å²) in [6.45, 7) is 4.43. The maximum atomic E-state index is 12.4. The molecule has 1 aromatic carbocycles. The smallest absolute Gasteiger partial charge is 0.242 e. The highest BCUT2D eigenvalue weighted by Gasteiger charge is 2.30. The zero-order valence-corrected chi connectivity index (χ0v) is 14.3. The van der Waals surface area contributed by atoms with E-state index >= 15 is 0 Å². The first-order chi connectivity index (χ1) is 10.9. The number of nitrogens with zero attached hydrogens (tertiary/aromatic N) is 1. The van der Waals surface area contributed by atoms with E-state index in [1.807, 2.05) is 43.0 Å². The number of halogens is 1. The summed E-state index contributed by atoms with van der Waals surface area (Å²) in [4.78, 5) is 26.1. The summed E-state index contributed by atoms with van der Waals surface area (Å²) in [7, 11) is 0. The zero-order chi connectivity index (χ0) is 17.0. The number of carbonyl (C=O) groups is 2. The van der Waals surface area contributed by atoms with E-state index in [4.69, 9.17) is 17.3 Å². The van der Waals surface area contributed by atoms with Gasteiger partial charge >= 0.3 is 0 Å². The summed E-state index contributed by atoms with van der Waals surface area (Å²) < 4.78 is 0. The fraction of sp³-hybridized carbons (Fsp3) is 0.529. The summed E-state index contributed by atoms with van der Waals surface area (Å²) in [6, 6.07) is 7.02. The Morgan fingerprint density at radius 3 is 2.83 bits per heavy atom. The predicted molar refractivity (Wildman–Crippen MR) is 91.0 cm³/mol. The Morgan fingerprint density at radius 1 is 1.43 bits per heavy atom. The fourth-order valence-electron chi connectivity index (χ4n) is 2.81. The molecule has 1 saturated heterocycles. The van der Waals surface area contributed by atoms with Gasteiger partial charge in [-0.05, 0) is 36.5 Å². The molecule has 1 aliphatic rings. The molecule has 2 amide bonds. The molecular weight excluding hydrogens is 314 g/mol. The number of rotatable bonds is 5. The highest BCUT2D eigenvalue weighted by Crippen LogP contribution is 2.32. The number of amides is 2. The van der Waals surface area contributed by atoms with Crippen LogP contribution in [-0.2, 0) is 9.59 Å². The molecule has 1 aromatic rings. The first-order valence-electron chi connectivity index (χ1n) is 7.98. The largest absolute Gasteiger partial charge is 0.346 e. The molecule has 0 spiro atoms. The molecule has 0 aliphatic carbocycles. The molecule has 0 saturated carbocycles. The van der Waals surface area contributed by atoms with Crippen LogP contribution in [0.15, 0.2) is 24.3 Å². The third-order valence-corrected chi connectivity index (χ3v) is 4.48. The molecule has 1 unspecified atom stereocenters. The van der Waals surface area contributed by atoms with Gasteiger partial charge in [0.25, 0.3) is 0 Å². The fourth-order valence-corrected chi connectivity index (χ4v) is 3.01. The second kappa shape index (κ2) is 7.79. The highest BCUT2D eigenvalue weighted by molar-refractivity contribution is 6.30. The van der Waals surface area contributed by atoms with Crippen molar-refractivity contribution in [3.8, 4) is 0 Å². The van der Waals surface area contributed by atoms with Crippen LogP contribution in [0.4, 0.5) is 0 Å². The van der Waals surface area contributed by atoms with Crippen LogP contribution in [0.5, 0.6) is 0 Å². The molecule has 1 aliphatic heterocycles. The molecule has 0 radical (unpaired) electrons. The minimum atomic E-state index is -0.592. The molecule has 3 N–H and O–H groups in total. The third kappa shape index (κ3) is 4.45. The second-order valence-electron chi connectivity index (χ2n) is 6.29. The van der Waals surface area contributed by atoms with Crippen LogP contribution < -0.4 is 11.1 Å². The van der Waals surface area contributed by atoms with Crippen molar-refractivity contribution >= 4 is 23.4 Å². The van der Waals surface area contributed by atoms with Gasteiger partial charge in [0, 0.05) is 11.6 Å². The van der Waals surface area contributed by atoms with Gasteiger partial charge in [0.15, 0.2) is 0 Å². The van der Waals surface area contributed by atoms with Gasteiger partial charge < -0.3 is 16.0 Å². The second-order valence-corrected chi connectivity index (χ2v) is 6.72. The van der Waals surface area contributed by atoms with E-state index in [1.165, 1.54) is 0 Å². The molecule has 126 valence electrons. The number of carbonyl (C=O) groups excluding carboxylic acids is 2. The van der Waals surface area contributed by atoms with E-state index in [9.17, 15) is 9.59 Å². The van der Waals surface area contributed by atoms with Crippen molar-refractivity contribution in [3.63, 3.8) is 0 Å². The lowest BCUT2D eigenvalue weighted by Crippen LogP contribution is -2.47. The lowest BCUT2D eigenvalue weighted by atomic mass is 10.0. The molecule has 1 heterocycles. The first-order valence-corrected chi connectivity index (χ1v) is 8.36. The Kier molecular flexibility index (Phi) is 6.02. The Balaban J connectivity index is 1.97. The number of likely N-dealkylation sites (tertiary alicyclic amines) is 1. The van der Waals surface area contributed by atoms with Crippen molar-refractivity contribution in [2.45, 2.75) is 38.8 Å². The van der Waals surface area contributed by atoms with Crippen molar-refractivity contribution < 1.29 is 9.59 Å². The van der Waals surface area contributed by atoms with Crippen molar-refractivity contribution in [3.05, 3.63) is 34.9 Å². The van der Waals surface area contributed by atoms with Gasteiger partial charge in [0.05, 0.1) is 18.6 Å². The van der Waals surface area contributed by atoms with Crippen LogP contribution in [0.25, 0.3) is 0 Å². The lowest BCUT2D eigenvalue weighted by molar-refractivity contribution is -0.134. The predicted octanol–water partition coefficient (Wildman–Crippen LogP) is 2.10. The van der Waals surface area contributed by atoms with Crippen LogP contribution >= 0.6 is 11.6 Å². The molecule has 0 aromatic heterocycles. The standard InChI is InChI=1S/C17H24ClN3O2/c1-11(2)16(19)17(23)20-10-15(22)21-8-4-7-14(21)12-5-3-6-13(18)9-12/h3,5-6,9,11,14,16H,4,7-8,10,19H2,1-2H3,(H,20,23)/t14?,16-/m0/s1. The molecule has 6 heteroatoms. The molecular formula is C17H24ClN3O2. The van der Waals surface area contributed by atoms with E-state index in [0.29, 0.717) is 11.6 Å². The summed E-state index contributed by atoms with van der Waals surface area (Å²) >= 11 is 6.04. The average molecular weight is 338 g/mol. The van der Waals surface area contributed by atoms with Crippen LogP contribution in [0.3, 0.4) is 0 Å². The number of nitrogens with one attached hydrogen (secondary N) is 1. The Labute approximate surface area is 142 Å². The van der Waals surface area contributed by atoms with Gasteiger partial charge in [-0.15, -0.1) is 0 Å². The summed E-state index contributed by atoms with van der Waals surface area (Å²) in [5.41, 5.74) is 6.82. The normalized spacial score (nSPS) is 19.0. The van der Waals surface area contributed by atoms with Crippen LogP contribution in [0.1, 0.15) is 38.3 Å². The molecule has 5 nitrogen and oxygen atoms in total. The summed E-state index contributed by atoms with van der Waals surface area (Å²) in [6.07, 6.45) is 1.86. The highest BCUT2D eigenvalue weighted by atomic mass is 35.5. The minimum absolute atomic E-state index is 0.0175. The number of nitrogens with two attached hydrogens (primary N) is 1. The van der Waals surface area contributed by atoms with Crippen LogP contribution in [-0.4, -0.2) is 35.8 Å². The topological polar surface area (TPSA) is 75.4 Å². The van der Waals surface area contributed by atoms with Gasteiger partial charge in [-0.25, -0.2) is 0 Å². The Hall–Kier alpha value is -1.59. The van der Waals surface area contributed by atoms with E-state index < -0.39 is 6.04 Å². The molecule has 2 rings (SSSR count). The van der Waals surface area contributed by atoms with E-state index in [2.05, 4.69) is 5.32 Å². The van der Waals surface area contributed by atoms with Crippen molar-refractivity contribution in [2.24, 2.45) is 11.7 Å². The first kappa shape index (κ1) is 17.8. The molecule has 23 heavy (non-hydrogen) atoms. The Morgan fingerprint density at radius 2 is 2.17 bits per heavy atom. The van der Waals surface area contributed by atoms with Gasteiger partial charge in [-0.1, -0.05) is 37.6 Å². The van der Waals surface area contributed by atoms with Crippen LogP contribution in [0, 0.1) is 5.92 Å². The number of hydrogen-bond acceptors (Lipinski definition) is 3. The molecule has 1 fully saturated rings. The molecule has 0 bridgehead atoms. The maximum Gasteiger partial charge on any atom is 0.242 e. The number of hydrogen-bond donors (Lipinski definition) is 2. The van der Waals surface area contributed by atoms with Gasteiger partial charge in [0.2, 0.25) is 11.8 Å². The minimum Gasteiger partial charge on any atom is -0.346 e. The SMILES string of the molecule is CC(C)[C@H](N)C(=O)NCC(=O)N1CCCC1c1cccc(Cl)c1. The maximum absolute atomic E-state index is 12.4. The monoisotopic (exact) mass is 337 g/mol. The zero-order valence-electron chi connectivity index (χ0n) is 13.6. The summed E-state index contributed by atoms with van der Waals surface area (Å²) in [5.74, 6) is -0.334. The average Bonchev–Trinajstić information content (AvgIpc) is 3.01. The van der Waals surface area contributed by atoms with Gasteiger partial charge in [0.1, 0.15) is 0 Å². The third-order valence-electron chi connectivity index (χ3n) is 4.24. The summed E-state index contributed by atoms with van der Waals surface area (Å²) in [5, 5.41) is 3.31. The van der Waals surface area contributed by atoms with E-state index in [-0.39, 0.29) is 30.3 Å². The Bertz CT molecular complexity index is 577. The van der Waals surface area contributed by atoms with Crippen molar-refractivity contribution in [1.82, 2.24) is 10.2 Å². The quantitative estimate of drug-likeness (QED) is 0.864. The van der Waals surface area contributed by atoms with E-state index in [1.54, 1.807) is 0 Å². The van der Waals surface area contributed by atoms with E-state index in [0.717, 1.165) is 18.4 Å². The van der Waals surface area contributed by atoms with Gasteiger partial charge in [-0.2, -0.15) is 0 Å². The van der Waals surface area contributed by atoms with Crippen molar-refractivity contribution in [2.75, 3.05) is 13.1 Å². The lowest BCUT2D eigenvalue weighted by Gasteiger charge is -2.26. The van der Waals surface area contributed by atoms with Gasteiger partial charge in [-0.3, -0.25) is 9.59 Å².